The number of halogens is 1. The molecule has 0 radical (unpaired) electrons. The predicted octanol–water partition coefficient (Wildman–Crippen LogP) is 5.22. The van der Waals surface area contributed by atoms with Crippen LogP contribution in [-0.4, -0.2) is 19.8 Å². The van der Waals surface area contributed by atoms with Crippen LogP contribution in [0.4, 0.5) is 0 Å². The van der Waals surface area contributed by atoms with E-state index in [-0.39, 0.29) is 0 Å². The summed E-state index contributed by atoms with van der Waals surface area (Å²) in [6.45, 7) is 6.26. The first-order valence-corrected chi connectivity index (χ1v) is 9.40. The van der Waals surface area contributed by atoms with Gasteiger partial charge in [-0.15, -0.1) is 0 Å². The van der Waals surface area contributed by atoms with E-state index in [0.717, 1.165) is 55.5 Å². The summed E-state index contributed by atoms with van der Waals surface area (Å²) in [4.78, 5) is 0. The molecule has 0 fully saturated rings. The summed E-state index contributed by atoms with van der Waals surface area (Å²) >= 11 is 5.98. The normalized spacial score (nSPS) is 10.8. The third kappa shape index (κ3) is 8.39. The minimum atomic E-state index is 0.524. The first-order chi connectivity index (χ1) is 12.3. The number of rotatable bonds is 12. The second kappa shape index (κ2) is 11.9. The number of ether oxygens (including phenoxy) is 2. The van der Waals surface area contributed by atoms with Gasteiger partial charge in [-0.05, 0) is 54.8 Å². The molecule has 0 aliphatic heterocycles. The van der Waals surface area contributed by atoms with Gasteiger partial charge in [-0.2, -0.15) is 0 Å². The second-order valence-electron chi connectivity index (χ2n) is 6.06. The van der Waals surface area contributed by atoms with Crippen LogP contribution in [0.5, 0.6) is 5.75 Å². The van der Waals surface area contributed by atoms with Crippen molar-refractivity contribution in [3.63, 3.8) is 0 Å². The van der Waals surface area contributed by atoms with E-state index in [2.05, 4.69) is 24.4 Å². The monoisotopic (exact) mass is 361 g/mol. The van der Waals surface area contributed by atoms with Crippen molar-refractivity contribution < 1.29 is 9.47 Å². The molecular formula is C21H28ClNO2. The summed E-state index contributed by atoms with van der Waals surface area (Å²) in [5.41, 5.74) is 2.32. The number of hydrogen-bond donors (Lipinski definition) is 1. The molecule has 3 nitrogen and oxygen atoms in total. The van der Waals surface area contributed by atoms with Gasteiger partial charge in [0.25, 0.3) is 0 Å². The molecule has 1 N–H and O–H groups in total. The Morgan fingerprint density at radius 2 is 1.76 bits per heavy atom. The van der Waals surface area contributed by atoms with Gasteiger partial charge in [-0.1, -0.05) is 49.2 Å². The largest absolute Gasteiger partial charge is 0.489 e. The molecule has 0 saturated carbocycles. The van der Waals surface area contributed by atoms with E-state index in [0.29, 0.717) is 6.61 Å². The molecule has 0 aliphatic carbocycles. The van der Waals surface area contributed by atoms with Crippen molar-refractivity contribution in [2.45, 2.75) is 39.3 Å². The molecule has 0 bridgehead atoms. The first-order valence-electron chi connectivity index (χ1n) is 9.02. The molecule has 0 atom stereocenters. The molecule has 0 amide bonds. The van der Waals surface area contributed by atoms with Crippen LogP contribution in [0.3, 0.4) is 0 Å². The lowest BCUT2D eigenvalue weighted by molar-refractivity contribution is 0.129. The van der Waals surface area contributed by atoms with Crippen molar-refractivity contribution in [3.05, 3.63) is 64.7 Å². The minimum Gasteiger partial charge on any atom is -0.489 e. The van der Waals surface area contributed by atoms with Crippen LogP contribution >= 0.6 is 11.6 Å². The topological polar surface area (TPSA) is 30.5 Å². The molecule has 2 rings (SSSR count). The van der Waals surface area contributed by atoms with Gasteiger partial charge >= 0.3 is 0 Å². The van der Waals surface area contributed by atoms with Crippen molar-refractivity contribution in [1.29, 1.82) is 0 Å². The second-order valence-corrected chi connectivity index (χ2v) is 6.50. The lowest BCUT2D eigenvalue weighted by Gasteiger charge is -2.09. The Morgan fingerprint density at radius 3 is 2.52 bits per heavy atom. The highest BCUT2D eigenvalue weighted by Crippen LogP contribution is 2.16. The molecule has 0 unspecified atom stereocenters. The van der Waals surface area contributed by atoms with Gasteiger partial charge in [0.15, 0.2) is 0 Å². The molecular weight excluding hydrogens is 334 g/mol. The van der Waals surface area contributed by atoms with Crippen LogP contribution in [-0.2, 0) is 17.9 Å². The van der Waals surface area contributed by atoms with E-state index < -0.39 is 0 Å². The third-order valence-corrected chi connectivity index (χ3v) is 4.07. The van der Waals surface area contributed by atoms with Crippen molar-refractivity contribution >= 4 is 11.6 Å². The summed E-state index contributed by atoms with van der Waals surface area (Å²) < 4.78 is 11.3. The Hall–Kier alpha value is -1.55. The standard InChI is InChI=1S/C21H28ClNO2/c1-2-3-13-24-14-5-12-23-16-18-8-10-21(11-9-18)25-17-19-6-4-7-20(22)15-19/h4,6-11,15,23H,2-3,5,12-14,16-17H2,1H3. The van der Waals surface area contributed by atoms with Crippen LogP contribution in [0.15, 0.2) is 48.5 Å². The average molecular weight is 362 g/mol. The Kier molecular flexibility index (Phi) is 9.42. The summed E-state index contributed by atoms with van der Waals surface area (Å²) in [6.07, 6.45) is 3.39. The van der Waals surface area contributed by atoms with Gasteiger partial charge in [-0.25, -0.2) is 0 Å². The molecule has 0 aliphatic rings. The summed E-state index contributed by atoms with van der Waals surface area (Å²) in [7, 11) is 0. The SMILES string of the molecule is CCCCOCCCNCc1ccc(OCc2cccc(Cl)c2)cc1. The van der Waals surface area contributed by atoms with Crippen molar-refractivity contribution in [1.82, 2.24) is 5.32 Å². The van der Waals surface area contributed by atoms with Gasteiger partial charge < -0.3 is 14.8 Å². The van der Waals surface area contributed by atoms with Crippen molar-refractivity contribution in [2.75, 3.05) is 19.8 Å². The summed E-state index contributed by atoms with van der Waals surface area (Å²) in [6, 6.07) is 15.9. The van der Waals surface area contributed by atoms with Crippen LogP contribution in [0.25, 0.3) is 0 Å². The van der Waals surface area contributed by atoms with Gasteiger partial charge in [0, 0.05) is 24.8 Å². The lowest BCUT2D eigenvalue weighted by Crippen LogP contribution is -2.16. The fourth-order valence-corrected chi connectivity index (χ4v) is 2.59. The lowest BCUT2D eigenvalue weighted by atomic mass is 10.2. The average Bonchev–Trinajstić information content (AvgIpc) is 2.63. The highest BCUT2D eigenvalue weighted by Gasteiger charge is 1.99. The maximum absolute atomic E-state index is 5.98. The van der Waals surface area contributed by atoms with Crippen LogP contribution in [0.1, 0.15) is 37.3 Å². The molecule has 0 heterocycles. The molecule has 2 aromatic carbocycles. The highest BCUT2D eigenvalue weighted by atomic mass is 35.5. The molecule has 2 aromatic rings. The number of unbranched alkanes of at least 4 members (excludes halogenated alkanes) is 1. The quantitative estimate of drug-likeness (QED) is 0.526. The molecule has 0 saturated heterocycles. The van der Waals surface area contributed by atoms with Crippen LogP contribution in [0.2, 0.25) is 5.02 Å². The van der Waals surface area contributed by atoms with E-state index in [1.165, 1.54) is 12.0 Å². The number of nitrogens with one attached hydrogen (secondary N) is 1. The minimum absolute atomic E-state index is 0.524. The van der Waals surface area contributed by atoms with Gasteiger partial charge in [-0.3, -0.25) is 0 Å². The maximum atomic E-state index is 5.98. The predicted molar refractivity (Wildman–Crippen MR) is 104 cm³/mol. The molecule has 25 heavy (non-hydrogen) atoms. The van der Waals surface area contributed by atoms with E-state index in [1.54, 1.807) is 0 Å². The smallest absolute Gasteiger partial charge is 0.119 e. The molecule has 0 aromatic heterocycles. The first kappa shape index (κ1) is 19.8. The Morgan fingerprint density at radius 1 is 0.960 bits per heavy atom. The van der Waals surface area contributed by atoms with Crippen molar-refractivity contribution in [3.8, 4) is 5.75 Å². The Balaban J connectivity index is 1.61. The fourth-order valence-electron chi connectivity index (χ4n) is 2.38. The number of benzene rings is 2. The molecule has 4 heteroatoms. The molecule has 0 spiro atoms. The van der Waals surface area contributed by atoms with Gasteiger partial charge in [0.2, 0.25) is 0 Å². The zero-order valence-electron chi connectivity index (χ0n) is 15.0. The van der Waals surface area contributed by atoms with E-state index in [9.17, 15) is 0 Å². The highest BCUT2D eigenvalue weighted by molar-refractivity contribution is 6.30. The summed E-state index contributed by atoms with van der Waals surface area (Å²) in [5, 5.41) is 4.18. The van der Waals surface area contributed by atoms with Gasteiger partial charge in [0.05, 0.1) is 0 Å². The molecule has 136 valence electrons. The Labute approximate surface area is 156 Å². The zero-order chi connectivity index (χ0) is 17.7. The van der Waals surface area contributed by atoms with Crippen molar-refractivity contribution in [2.24, 2.45) is 0 Å². The van der Waals surface area contributed by atoms with E-state index in [1.807, 2.05) is 36.4 Å². The fraction of sp³-hybridized carbons (Fsp3) is 0.429. The zero-order valence-corrected chi connectivity index (χ0v) is 15.7. The Bertz CT molecular complexity index is 601. The van der Waals surface area contributed by atoms with Crippen LogP contribution in [0, 0.1) is 0 Å². The summed E-state index contributed by atoms with van der Waals surface area (Å²) in [5.74, 6) is 0.869. The maximum Gasteiger partial charge on any atom is 0.119 e. The third-order valence-electron chi connectivity index (χ3n) is 3.83. The van der Waals surface area contributed by atoms with Gasteiger partial charge in [0.1, 0.15) is 12.4 Å². The van der Waals surface area contributed by atoms with E-state index >= 15 is 0 Å². The number of hydrogen-bond acceptors (Lipinski definition) is 3. The van der Waals surface area contributed by atoms with E-state index in [4.69, 9.17) is 21.1 Å². The van der Waals surface area contributed by atoms with Crippen LogP contribution < -0.4 is 10.1 Å².